The van der Waals surface area contributed by atoms with Gasteiger partial charge >= 0.3 is 0 Å². The standard InChI is InChI=1S/C20H20ClN3O2/c1-3-13-5-7-14(8-6-13)20(26)24(4-2)12-18-22-17-11-15(21)9-10-16(17)19(25)23-18/h5-11H,3-4,12H2,1-2H3,(H,22,23,25). The van der Waals surface area contributed by atoms with Crippen LogP contribution in [0.2, 0.25) is 5.02 Å². The van der Waals surface area contributed by atoms with Crippen molar-refractivity contribution < 1.29 is 4.79 Å². The number of nitrogens with one attached hydrogen (secondary N) is 1. The van der Waals surface area contributed by atoms with E-state index >= 15 is 0 Å². The molecule has 3 rings (SSSR count). The van der Waals surface area contributed by atoms with Crippen molar-refractivity contribution in [2.45, 2.75) is 26.8 Å². The lowest BCUT2D eigenvalue weighted by molar-refractivity contribution is 0.0748. The molecular formula is C20H20ClN3O2. The fraction of sp³-hybridized carbons (Fsp3) is 0.250. The van der Waals surface area contributed by atoms with Crippen LogP contribution in [0.3, 0.4) is 0 Å². The predicted molar refractivity (Wildman–Crippen MR) is 104 cm³/mol. The van der Waals surface area contributed by atoms with Crippen LogP contribution in [-0.2, 0) is 13.0 Å². The van der Waals surface area contributed by atoms with E-state index in [-0.39, 0.29) is 18.0 Å². The average molecular weight is 370 g/mol. The summed E-state index contributed by atoms with van der Waals surface area (Å²) >= 11 is 5.99. The number of halogens is 1. The quantitative estimate of drug-likeness (QED) is 0.743. The second-order valence-electron chi connectivity index (χ2n) is 6.04. The monoisotopic (exact) mass is 369 g/mol. The summed E-state index contributed by atoms with van der Waals surface area (Å²) in [6.45, 7) is 4.70. The summed E-state index contributed by atoms with van der Waals surface area (Å²) in [5.74, 6) is 0.342. The lowest BCUT2D eigenvalue weighted by atomic mass is 10.1. The summed E-state index contributed by atoms with van der Waals surface area (Å²) in [6, 6.07) is 12.5. The highest BCUT2D eigenvalue weighted by molar-refractivity contribution is 6.31. The third kappa shape index (κ3) is 3.78. The number of nitrogens with zero attached hydrogens (tertiary/aromatic N) is 2. The van der Waals surface area contributed by atoms with Crippen LogP contribution in [0, 0.1) is 0 Å². The molecule has 134 valence electrons. The van der Waals surface area contributed by atoms with Gasteiger partial charge in [0, 0.05) is 17.1 Å². The summed E-state index contributed by atoms with van der Waals surface area (Å²) in [6.07, 6.45) is 0.927. The van der Waals surface area contributed by atoms with Gasteiger partial charge in [-0.3, -0.25) is 9.59 Å². The van der Waals surface area contributed by atoms with E-state index in [0.717, 1.165) is 6.42 Å². The number of benzene rings is 2. The molecule has 0 radical (unpaired) electrons. The van der Waals surface area contributed by atoms with E-state index in [2.05, 4.69) is 16.9 Å². The molecule has 1 amide bonds. The largest absolute Gasteiger partial charge is 0.331 e. The molecule has 0 fully saturated rings. The number of amides is 1. The Kier molecular flexibility index (Phi) is 5.38. The van der Waals surface area contributed by atoms with Crippen molar-refractivity contribution in [1.29, 1.82) is 0 Å². The number of rotatable bonds is 5. The Hall–Kier alpha value is -2.66. The van der Waals surface area contributed by atoms with Gasteiger partial charge in [-0.05, 0) is 49.2 Å². The van der Waals surface area contributed by atoms with Crippen LogP contribution in [0.25, 0.3) is 10.9 Å². The molecule has 0 atom stereocenters. The number of carbonyl (C=O) groups is 1. The number of hydrogen-bond donors (Lipinski definition) is 1. The summed E-state index contributed by atoms with van der Waals surface area (Å²) < 4.78 is 0. The van der Waals surface area contributed by atoms with Crippen LogP contribution >= 0.6 is 11.6 Å². The molecule has 1 heterocycles. The second kappa shape index (κ2) is 7.70. The molecule has 0 aliphatic heterocycles. The van der Waals surface area contributed by atoms with Crippen molar-refractivity contribution in [3.8, 4) is 0 Å². The fourth-order valence-electron chi connectivity index (χ4n) is 2.81. The topological polar surface area (TPSA) is 66.1 Å². The van der Waals surface area contributed by atoms with Crippen molar-refractivity contribution >= 4 is 28.4 Å². The van der Waals surface area contributed by atoms with E-state index in [9.17, 15) is 9.59 Å². The number of aryl methyl sites for hydroxylation is 1. The molecule has 3 aromatic rings. The summed E-state index contributed by atoms with van der Waals surface area (Å²) in [4.78, 5) is 33.9. The maximum atomic E-state index is 12.8. The molecule has 0 bridgehead atoms. The van der Waals surface area contributed by atoms with Crippen LogP contribution in [-0.4, -0.2) is 27.3 Å². The van der Waals surface area contributed by atoms with Crippen LogP contribution in [0.4, 0.5) is 0 Å². The Morgan fingerprint density at radius 1 is 1.15 bits per heavy atom. The minimum absolute atomic E-state index is 0.0935. The first kappa shape index (κ1) is 18.1. The van der Waals surface area contributed by atoms with Crippen molar-refractivity contribution in [1.82, 2.24) is 14.9 Å². The smallest absolute Gasteiger partial charge is 0.258 e. The van der Waals surface area contributed by atoms with E-state index in [4.69, 9.17) is 11.6 Å². The van der Waals surface area contributed by atoms with Crippen molar-refractivity contribution in [2.75, 3.05) is 6.54 Å². The molecule has 1 N–H and O–H groups in total. The Morgan fingerprint density at radius 2 is 1.88 bits per heavy atom. The fourth-order valence-corrected chi connectivity index (χ4v) is 2.98. The lowest BCUT2D eigenvalue weighted by Crippen LogP contribution is -2.32. The number of fused-ring (bicyclic) bond motifs is 1. The Morgan fingerprint density at radius 3 is 2.54 bits per heavy atom. The van der Waals surface area contributed by atoms with Crippen molar-refractivity contribution in [2.24, 2.45) is 0 Å². The van der Waals surface area contributed by atoms with E-state index in [1.54, 1.807) is 23.1 Å². The van der Waals surface area contributed by atoms with Gasteiger partial charge in [-0.1, -0.05) is 30.7 Å². The number of carbonyl (C=O) groups excluding carboxylic acids is 1. The van der Waals surface area contributed by atoms with Crippen molar-refractivity contribution in [3.63, 3.8) is 0 Å². The van der Waals surface area contributed by atoms with E-state index in [1.807, 2.05) is 31.2 Å². The number of hydrogen-bond acceptors (Lipinski definition) is 3. The first-order chi connectivity index (χ1) is 12.5. The molecule has 6 heteroatoms. The molecule has 0 aliphatic carbocycles. The van der Waals surface area contributed by atoms with E-state index < -0.39 is 0 Å². The first-order valence-corrected chi connectivity index (χ1v) is 8.96. The highest BCUT2D eigenvalue weighted by Gasteiger charge is 2.16. The summed E-state index contributed by atoms with van der Waals surface area (Å²) in [5, 5.41) is 0.990. The molecule has 0 spiro atoms. The van der Waals surface area contributed by atoms with Crippen LogP contribution in [0.1, 0.15) is 35.6 Å². The number of H-pyrrole nitrogens is 1. The van der Waals surface area contributed by atoms with Crippen molar-refractivity contribution in [3.05, 3.63) is 74.8 Å². The highest BCUT2D eigenvalue weighted by Crippen LogP contribution is 2.15. The molecule has 0 saturated carbocycles. The predicted octanol–water partition coefficient (Wildman–Crippen LogP) is 3.80. The molecular weight excluding hydrogens is 350 g/mol. The zero-order chi connectivity index (χ0) is 18.7. The molecule has 0 unspecified atom stereocenters. The Balaban J connectivity index is 1.88. The summed E-state index contributed by atoms with van der Waals surface area (Å²) in [7, 11) is 0. The van der Waals surface area contributed by atoms with Crippen LogP contribution < -0.4 is 5.56 Å². The molecule has 26 heavy (non-hydrogen) atoms. The minimum atomic E-state index is -0.238. The SMILES string of the molecule is CCc1ccc(C(=O)N(CC)Cc2nc3cc(Cl)ccc3c(=O)[nH]2)cc1. The van der Waals surface area contributed by atoms with Gasteiger partial charge in [0.2, 0.25) is 0 Å². The Bertz CT molecular complexity index is 996. The van der Waals surface area contributed by atoms with Gasteiger partial charge in [0.1, 0.15) is 5.82 Å². The Labute approximate surface area is 156 Å². The molecule has 0 aliphatic rings. The van der Waals surface area contributed by atoms with Crippen LogP contribution in [0.15, 0.2) is 47.3 Å². The van der Waals surface area contributed by atoms with Gasteiger partial charge < -0.3 is 9.88 Å². The van der Waals surface area contributed by atoms with E-state index in [1.165, 1.54) is 5.56 Å². The van der Waals surface area contributed by atoms with E-state index in [0.29, 0.717) is 33.9 Å². The third-order valence-electron chi connectivity index (χ3n) is 4.34. The number of aromatic amines is 1. The average Bonchev–Trinajstić information content (AvgIpc) is 2.65. The van der Waals surface area contributed by atoms with Gasteiger partial charge in [-0.15, -0.1) is 0 Å². The van der Waals surface area contributed by atoms with Gasteiger partial charge in [0.05, 0.1) is 17.4 Å². The highest BCUT2D eigenvalue weighted by atomic mass is 35.5. The second-order valence-corrected chi connectivity index (χ2v) is 6.48. The molecule has 1 aromatic heterocycles. The minimum Gasteiger partial charge on any atom is -0.331 e. The molecule has 0 saturated heterocycles. The first-order valence-electron chi connectivity index (χ1n) is 8.58. The zero-order valence-electron chi connectivity index (χ0n) is 14.8. The van der Waals surface area contributed by atoms with Gasteiger partial charge in [-0.2, -0.15) is 0 Å². The van der Waals surface area contributed by atoms with Crippen LogP contribution in [0.5, 0.6) is 0 Å². The summed E-state index contributed by atoms with van der Waals surface area (Å²) in [5.41, 5.74) is 2.08. The number of aromatic nitrogens is 2. The maximum Gasteiger partial charge on any atom is 0.258 e. The molecule has 2 aromatic carbocycles. The third-order valence-corrected chi connectivity index (χ3v) is 4.57. The van der Waals surface area contributed by atoms with Gasteiger partial charge in [0.15, 0.2) is 0 Å². The van der Waals surface area contributed by atoms with Gasteiger partial charge in [0.25, 0.3) is 11.5 Å². The molecule has 5 nitrogen and oxygen atoms in total. The normalized spacial score (nSPS) is 10.9. The van der Waals surface area contributed by atoms with Gasteiger partial charge in [-0.25, -0.2) is 4.98 Å². The maximum absolute atomic E-state index is 12.8. The zero-order valence-corrected chi connectivity index (χ0v) is 15.5. The lowest BCUT2D eigenvalue weighted by Gasteiger charge is -2.20.